The molecule has 1 heterocycles. The molecule has 0 saturated heterocycles. The molecule has 2 aromatic rings. The average Bonchev–Trinajstić information content (AvgIpc) is 3.09. The van der Waals surface area contributed by atoms with Crippen LogP contribution in [0.2, 0.25) is 0 Å². The van der Waals surface area contributed by atoms with Gasteiger partial charge in [-0.1, -0.05) is 31.9 Å². The number of ether oxygens (including phenoxy) is 1. The van der Waals surface area contributed by atoms with Crippen molar-refractivity contribution < 1.29 is 27.5 Å². The maximum atomic E-state index is 14.8. The minimum atomic E-state index is -1.45. The Morgan fingerprint density at radius 2 is 1.79 bits per heavy atom. The molecule has 33 heavy (non-hydrogen) atoms. The number of hydrazone groups is 1. The number of nitrogens with zero attached hydrogens (tertiary/aromatic N) is 2. The average molecular weight is 461 g/mol. The minimum Gasteiger partial charge on any atom is -0.468 e. The Kier molecular flexibility index (Phi) is 7.40. The summed E-state index contributed by atoms with van der Waals surface area (Å²) in [5.41, 5.74) is -0.492. The molecule has 0 radical (unpaired) electrons. The Balaban J connectivity index is 2.14. The summed E-state index contributed by atoms with van der Waals surface area (Å²) in [6.45, 7) is 3.22. The molecule has 0 saturated carbocycles. The standard InChI is InChI=1S/C24H26F3N3O3/c1-4-5-6-18-22(15-7-9-16(25)10-8-15)29-30(20-12-11-17(26)13-19(20)27)24(18,2)23(32)28-14-21(31)33-3/h7-13,18H,4-6,14H2,1-3H3,(H,28,32). The number of methoxy groups -OCH3 is 1. The van der Waals surface area contributed by atoms with E-state index in [-0.39, 0.29) is 12.2 Å². The molecule has 176 valence electrons. The van der Waals surface area contributed by atoms with Gasteiger partial charge in [0, 0.05) is 12.0 Å². The molecule has 0 aliphatic carbocycles. The fraction of sp³-hybridized carbons (Fsp3) is 0.375. The van der Waals surface area contributed by atoms with Gasteiger partial charge in [-0.15, -0.1) is 0 Å². The lowest BCUT2D eigenvalue weighted by atomic mass is 9.77. The highest BCUT2D eigenvalue weighted by Gasteiger charge is 2.54. The van der Waals surface area contributed by atoms with Gasteiger partial charge in [-0.3, -0.25) is 9.59 Å². The Labute approximate surface area is 190 Å². The SMILES string of the molecule is CCCCC1C(c2ccc(F)cc2)=NN(c2ccc(F)cc2F)C1(C)C(=O)NCC(=O)OC. The first-order valence-electron chi connectivity index (χ1n) is 10.7. The highest BCUT2D eigenvalue weighted by molar-refractivity contribution is 6.10. The number of esters is 1. The topological polar surface area (TPSA) is 71.0 Å². The lowest BCUT2D eigenvalue weighted by Gasteiger charge is -2.37. The quantitative estimate of drug-likeness (QED) is 0.599. The first kappa shape index (κ1) is 24.3. The van der Waals surface area contributed by atoms with Crippen molar-refractivity contribution in [1.82, 2.24) is 5.32 Å². The van der Waals surface area contributed by atoms with Crippen LogP contribution in [0, 0.1) is 23.4 Å². The Bertz CT molecular complexity index is 1060. The Morgan fingerprint density at radius 3 is 2.39 bits per heavy atom. The molecule has 1 aliphatic rings. The van der Waals surface area contributed by atoms with E-state index in [2.05, 4.69) is 15.2 Å². The highest BCUT2D eigenvalue weighted by Crippen LogP contribution is 2.42. The van der Waals surface area contributed by atoms with Gasteiger partial charge < -0.3 is 10.1 Å². The van der Waals surface area contributed by atoms with Gasteiger partial charge in [0.05, 0.1) is 18.5 Å². The predicted octanol–water partition coefficient (Wildman–Crippen LogP) is 4.18. The van der Waals surface area contributed by atoms with Crippen LogP contribution in [0.25, 0.3) is 0 Å². The van der Waals surface area contributed by atoms with Crippen LogP contribution in [-0.2, 0) is 14.3 Å². The zero-order valence-corrected chi connectivity index (χ0v) is 18.7. The van der Waals surface area contributed by atoms with E-state index >= 15 is 0 Å². The molecule has 1 N–H and O–H groups in total. The number of hydrogen-bond acceptors (Lipinski definition) is 5. The van der Waals surface area contributed by atoms with Crippen LogP contribution in [0.3, 0.4) is 0 Å². The third-order valence-corrected chi connectivity index (χ3v) is 5.86. The van der Waals surface area contributed by atoms with Crippen LogP contribution in [0.5, 0.6) is 0 Å². The minimum absolute atomic E-state index is 0.0919. The van der Waals surface area contributed by atoms with Crippen molar-refractivity contribution in [3.8, 4) is 0 Å². The fourth-order valence-electron chi connectivity index (χ4n) is 4.02. The van der Waals surface area contributed by atoms with Gasteiger partial charge in [-0.25, -0.2) is 18.2 Å². The number of rotatable bonds is 8. The molecule has 3 rings (SSSR count). The van der Waals surface area contributed by atoms with E-state index in [4.69, 9.17) is 0 Å². The van der Waals surface area contributed by atoms with Gasteiger partial charge in [0.25, 0.3) is 0 Å². The number of hydrogen-bond donors (Lipinski definition) is 1. The molecule has 2 aromatic carbocycles. The van der Waals surface area contributed by atoms with Crippen LogP contribution in [0.1, 0.15) is 38.7 Å². The third-order valence-electron chi connectivity index (χ3n) is 5.86. The molecule has 2 unspecified atom stereocenters. The van der Waals surface area contributed by atoms with Crippen molar-refractivity contribution in [3.05, 3.63) is 65.5 Å². The van der Waals surface area contributed by atoms with Gasteiger partial charge in [0.1, 0.15) is 23.7 Å². The van der Waals surface area contributed by atoms with Crippen LogP contribution in [0.4, 0.5) is 18.9 Å². The number of nitrogens with one attached hydrogen (secondary N) is 1. The summed E-state index contributed by atoms with van der Waals surface area (Å²) in [5, 5.41) is 8.37. The largest absolute Gasteiger partial charge is 0.468 e. The number of carbonyl (C=O) groups is 2. The number of carbonyl (C=O) groups excluding carboxylic acids is 2. The lowest BCUT2D eigenvalue weighted by molar-refractivity contribution is -0.141. The van der Waals surface area contributed by atoms with E-state index in [1.165, 1.54) is 30.3 Å². The lowest BCUT2D eigenvalue weighted by Crippen LogP contribution is -2.58. The maximum absolute atomic E-state index is 14.8. The van der Waals surface area contributed by atoms with Crippen LogP contribution >= 0.6 is 0 Å². The summed E-state index contributed by atoms with van der Waals surface area (Å²) < 4.78 is 46.6. The van der Waals surface area contributed by atoms with Crippen molar-refractivity contribution in [1.29, 1.82) is 0 Å². The number of anilines is 1. The van der Waals surface area contributed by atoms with Crippen LogP contribution in [-0.4, -0.2) is 36.8 Å². The van der Waals surface area contributed by atoms with Crippen molar-refractivity contribution in [3.63, 3.8) is 0 Å². The first-order valence-corrected chi connectivity index (χ1v) is 10.7. The zero-order valence-electron chi connectivity index (χ0n) is 18.7. The summed E-state index contributed by atoms with van der Waals surface area (Å²) >= 11 is 0. The maximum Gasteiger partial charge on any atom is 0.325 e. The molecular weight excluding hydrogens is 435 g/mol. The monoisotopic (exact) mass is 461 g/mol. The fourth-order valence-corrected chi connectivity index (χ4v) is 4.02. The zero-order chi connectivity index (χ0) is 24.2. The summed E-state index contributed by atoms with van der Waals surface area (Å²) in [6.07, 6.45) is 2.09. The van der Waals surface area contributed by atoms with Crippen molar-refractivity contribution in [2.75, 3.05) is 18.7 Å². The van der Waals surface area contributed by atoms with E-state index in [0.717, 1.165) is 18.9 Å². The molecular formula is C24H26F3N3O3. The van der Waals surface area contributed by atoms with Gasteiger partial charge >= 0.3 is 5.97 Å². The highest BCUT2D eigenvalue weighted by atomic mass is 19.1. The van der Waals surface area contributed by atoms with Gasteiger partial charge in [-0.2, -0.15) is 5.10 Å². The molecule has 2 atom stereocenters. The van der Waals surface area contributed by atoms with Crippen LogP contribution < -0.4 is 10.3 Å². The molecule has 0 spiro atoms. The Morgan fingerprint density at radius 1 is 1.12 bits per heavy atom. The smallest absolute Gasteiger partial charge is 0.325 e. The second-order valence-corrected chi connectivity index (χ2v) is 8.00. The van der Waals surface area contributed by atoms with E-state index < -0.39 is 40.8 Å². The summed E-state index contributed by atoms with van der Waals surface area (Å²) in [4.78, 5) is 25.1. The summed E-state index contributed by atoms with van der Waals surface area (Å²) in [6, 6.07) is 8.67. The van der Waals surface area contributed by atoms with E-state index in [1.807, 2.05) is 6.92 Å². The normalized spacial score (nSPS) is 19.9. The number of halogens is 3. The number of benzene rings is 2. The second-order valence-electron chi connectivity index (χ2n) is 8.00. The molecule has 1 amide bonds. The molecule has 1 aliphatic heterocycles. The predicted molar refractivity (Wildman–Crippen MR) is 118 cm³/mol. The molecule has 0 bridgehead atoms. The van der Waals surface area contributed by atoms with Crippen molar-refractivity contribution in [2.45, 2.75) is 38.6 Å². The van der Waals surface area contributed by atoms with Gasteiger partial charge in [0.15, 0.2) is 5.82 Å². The van der Waals surface area contributed by atoms with Crippen LogP contribution in [0.15, 0.2) is 47.6 Å². The van der Waals surface area contributed by atoms with Crippen molar-refractivity contribution in [2.24, 2.45) is 11.0 Å². The number of unbranched alkanes of at least 4 members (excludes halogenated alkanes) is 1. The summed E-state index contributed by atoms with van der Waals surface area (Å²) in [7, 11) is 1.20. The second kappa shape index (κ2) is 10.1. The first-order chi connectivity index (χ1) is 15.7. The van der Waals surface area contributed by atoms with Gasteiger partial charge in [0.2, 0.25) is 5.91 Å². The van der Waals surface area contributed by atoms with E-state index in [0.29, 0.717) is 23.8 Å². The number of amides is 1. The molecule has 6 nitrogen and oxygen atoms in total. The molecule has 0 aromatic heterocycles. The molecule has 9 heteroatoms. The Hall–Kier alpha value is -3.36. The molecule has 0 fully saturated rings. The third kappa shape index (κ3) is 4.86. The van der Waals surface area contributed by atoms with E-state index in [1.54, 1.807) is 19.1 Å². The van der Waals surface area contributed by atoms with E-state index in [9.17, 15) is 22.8 Å². The summed E-state index contributed by atoms with van der Waals surface area (Å²) in [5.74, 6) is -3.82. The van der Waals surface area contributed by atoms with Gasteiger partial charge in [-0.05, 0) is 43.2 Å². The van der Waals surface area contributed by atoms with Crippen molar-refractivity contribution >= 4 is 23.3 Å².